The van der Waals surface area contributed by atoms with E-state index in [1.54, 1.807) is 18.7 Å². The minimum absolute atomic E-state index is 0.0396. The van der Waals surface area contributed by atoms with Crippen LogP contribution >= 0.6 is 0 Å². The van der Waals surface area contributed by atoms with Crippen LogP contribution in [0.3, 0.4) is 0 Å². The smallest absolute Gasteiger partial charge is 0.248 e. The Morgan fingerprint density at radius 3 is 2.44 bits per heavy atom. The normalized spacial score (nSPS) is 26.9. The van der Waals surface area contributed by atoms with Gasteiger partial charge in [0.25, 0.3) is 0 Å². The molecule has 0 bridgehead atoms. The third-order valence-electron chi connectivity index (χ3n) is 4.39. The molecule has 1 heterocycles. The van der Waals surface area contributed by atoms with E-state index in [0.29, 0.717) is 5.92 Å². The molecule has 1 N–H and O–H groups in total. The lowest BCUT2D eigenvalue weighted by Crippen LogP contribution is -2.66. The van der Waals surface area contributed by atoms with Crippen molar-refractivity contribution in [3.05, 3.63) is 0 Å². The lowest BCUT2D eigenvalue weighted by atomic mass is 9.83. The maximum atomic E-state index is 12.4. The molecule has 1 saturated heterocycles. The zero-order valence-electron chi connectivity index (χ0n) is 11.7. The van der Waals surface area contributed by atoms with Gasteiger partial charge in [0.05, 0.1) is 6.54 Å². The van der Waals surface area contributed by atoms with Crippen molar-refractivity contribution in [1.82, 2.24) is 10.2 Å². The van der Waals surface area contributed by atoms with Gasteiger partial charge in [0.15, 0.2) is 0 Å². The minimum atomic E-state index is -0.752. The van der Waals surface area contributed by atoms with E-state index in [1.807, 2.05) is 0 Å². The molecule has 2 fully saturated rings. The SMILES string of the molecule is CC(C1CCCCC1)N1CC(=O)NC(C)(C)C1=O. The number of carbonyl (C=O) groups is 2. The van der Waals surface area contributed by atoms with Crippen molar-refractivity contribution in [2.45, 2.75) is 64.5 Å². The highest BCUT2D eigenvalue weighted by Gasteiger charge is 2.42. The first-order chi connectivity index (χ1) is 8.42. The number of nitrogens with zero attached hydrogens (tertiary/aromatic N) is 1. The second-order valence-corrected chi connectivity index (χ2v) is 6.24. The molecule has 1 saturated carbocycles. The fourth-order valence-electron chi connectivity index (χ4n) is 3.23. The van der Waals surface area contributed by atoms with Crippen molar-refractivity contribution >= 4 is 11.8 Å². The molecule has 4 nitrogen and oxygen atoms in total. The summed E-state index contributed by atoms with van der Waals surface area (Å²) in [6.07, 6.45) is 6.20. The second-order valence-electron chi connectivity index (χ2n) is 6.24. The van der Waals surface area contributed by atoms with Crippen LogP contribution in [-0.4, -0.2) is 34.8 Å². The van der Waals surface area contributed by atoms with Crippen LogP contribution in [0.1, 0.15) is 52.9 Å². The minimum Gasteiger partial charge on any atom is -0.341 e. The van der Waals surface area contributed by atoms with Gasteiger partial charge < -0.3 is 10.2 Å². The van der Waals surface area contributed by atoms with Crippen LogP contribution in [0, 0.1) is 5.92 Å². The molecule has 18 heavy (non-hydrogen) atoms. The molecule has 2 amide bonds. The predicted octanol–water partition coefficient (Wildman–Crippen LogP) is 1.69. The largest absolute Gasteiger partial charge is 0.341 e. The number of amides is 2. The van der Waals surface area contributed by atoms with E-state index in [0.717, 1.165) is 0 Å². The predicted molar refractivity (Wildman–Crippen MR) is 70.0 cm³/mol. The summed E-state index contributed by atoms with van der Waals surface area (Å²) in [5, 5.41) is 2.76. The maximum Gasteiger partial charge on any atom is 0.248 e. The highest BCUT2D eigenvalue weighted by Crippen LogP contribution is 2.30. The number of hydrogen-bond donors (Lipinski definition) is 1. The average molecular weight is 252 g/mol. The van der Waals surface area contributed by atoms with Gasteiger partial charge in [-0.25, -0.2) is 0 Å². The van der Waals surface area contributed by atoms with E-state index < -0.39 is 5.54 Å². The van der Waals surface area contributed by atoms with Crippen LogP contribution in [0.15, 0.2) is 0 Å². The van der Waals surface area contributed by atoms with Crippen LogP contribution in [0.4, 0.5) is 0 Å². The summed E-state index contributed by atoms with van der Waals surface area (Å²) in [6.45, 7) is 5.89. The van der Waals surface area contributed by atoms with E-state index >= 15 is 0 Å². The molecule has 1 atom stereocenters. The number of piperazine rings is 1. The second kappa shape index (κ2) is 4.90. The molecular weight excluding hydrogens is 228 g/mol. The molecule has 0 aromatic heterocycles. The van der Waals surface area contributed by atoms with Crippen LogP contribution < -0.4 is 5.32 Å². The number of carbonyl (C=O) groups excluding carboxylic acids is 2. The lowest BCUT2D eigenvalue weighted by molar-refractivity contribution is -0.151. The summed E-state index contributed by atoms with van der Waals surface area (Å²) in [6, 6.07) is 0.183. The molecular formula is C14H24N2O2. The monoisotopic (exact) mass is 252 g/mol. The van der Waals surface area contributed by atoms with E-state index in [9.17, 15) is 9.59 Å². The summed E-state index contributed by atoms with van der Waals surface area (Å²) in [5.74, 6) is 0.576. The van der Waals surface area contributed by atoms with Gasteiger partial charge in [-0.15, -0.1) is 0 Å². The van der Waals surface area contributed by atoms with Crippen LogP contribution in [0.25, 0.3) is 0 Å². The standard InChI is InChI=1S/C14H24N2O2/c1-10(11-7-5-4-6-8-11)16-9-12(17)15-14(2,3)13(16)18/h10-11H,4-9H2,1-3H3,(H,15,17). The van der Waals surface area contributed by atoms with Crippen LogP contribution in [0.5, 0.6) is 0 Å². The summed E-state index contributed by atoms with van der Waals surface area (Å²) in [7, 11) is 0. The summed E-state index contributed by atoms with van der Waals surface area (Å²) in [5.41, 5.74) is -0.752. The van der Waals surface area contributed by atoms with Gasteiger partial charge in [-0.1, -0.05) is 19.3 Å². The van der Waals surface area contributed by atoms with E-state index in [4.69, 9.17) is 0 Å². The molecule has 0 radical (unpaired) electrons. The molecule has 0 spiro atoms. The highest BCUT2D eigenvalue weighted by molar-refractivity contribution is 5.97. The van der Waals surface area contributed by atoms with Crippen molar-refractivity contribution in [2.75, 3.05) is 6.54 Å². The fraction of sp³-hybridized carbons (Fsp3) is 0.857. The topological polar surface area (TPSA) is 49.4 Å². The Bertz CT molecular complexity index is 346. The van der Waals surface area contributed by atoms with Crippen molar-refractivity contribution in [1.29, 1.82) is 0 Å². The third kappa shape index (κ3) is 2.52. The Labute approximate surface area is 109 Å². The molecule has 1 aliphatic heterocycles. The highest BCUT2D eigenvalue weighted by atomic mass is 16.2. The van der Waals surface area contributed by atoms with E-state index in [1.165, 1.54) is 32.1 Å². The number of hydrogen-bond acceptors (Lipinski definition) is 2. The van der Waals surface area contributed by atoms with Crippen LogP contribution in [-0.2, 0) is 9.59 Å². The first kappa shape index (κ1) is 13.4. The fourth-order valence-corrected chi connectivity index (χ4v) is 3.23. The summed E-state index contributed by atoms with van der Waals surface area (Å²) in [4.78, 5) is 25.9. The molecule has 0 aromatic rings. The van der Waals surface area contributed by atoms with Crippen molar-refractivity contribution in [3.63, 3.8) is 0 Å². The first-order valence-electron chi connectivity index (χ1n) is 7.04. The maximum absolute atomic E-state index is 12.4. The molecule has 4 heteroatoms. The van der Waals surface area contributed by atoms with E-state index in [-0.39, 0.29) is 24.4 Å². The zero-order chi connectivity index (χ0) is 13.3. The Morgan fingerprint density at radius 2 is 1.83 bits per heavy atom. The first-order valence-corrected chi connectivity index (χ1v) is 7.04. The Balaban J connectivity index is 2.10. The molecule has 0 aromatic carbocycles. The Morgan fingerprint density at radius 1 is 1.22 bits per heavy atom. The van der Waals surface area contributed by atoms with Gasteiger partial charge in [-0.05, 0) is 39.5 Å². The number of rotatable bonds is 2. The molecule has 102 valence electrons. The zero-order valence-corrected chi connectivity index (χ0v) is 11.7. The van der Waals surface area contributed by atoms with Gasteiger partial charge in [-0.2, -0.15) is 0 Å². The van der Waals surface area contributed by atoms with Gasteiger partial charge in [-0.3, -0.25) is 9.59 Å². The van der Waals surface area contributed by atoms with Gasteiger partial charge in [0.2, 0.25) is 11.8 Å². The molecule has 1 unspecified atom stereocenters. The van der Waals surface area contributed by atoms with Gasteiger partial charge in [0, 0.05) is 6.04 Å². The van der Waals surface area contributed by atoms with Crippen molar-refractivity contribution < 1.29 is 9.59 Å². The van der Waals surface area contributed by atoms with Gasteiger partial charge in [0.1, 0.15) is 5.54 Å². The quantitative estimate of drug-likeness (QED) is 0.813. The molecule has 2 rings (SSSR count). The third-order valence-corrected chi connectivity index (χ3v) is 4.39. The van der Waals surface area contributed by atoms with Crippen molar-refractivity contribution in [3.8, 4) is 0 Å². The average Bonchev–Trinajstić information content (AvgIpc) is 2.33. The van der Waals surface area contributed by atoms with Gasteiger partial charge >= 0.3 is 0 Å². The lowest BCUT2D eigenvalue weighted by Gasteiger charge is -2.43. The van der Waals surface area contributed by atoms with E-state index in [2.05, 4.69) is 12.2 Å². The summed E-state index contributed by atoms with van der Waals surface area (Å²) >= 11 is 0. The summed E-state index contributed by atoms with van der Waals surface area (Å²) < 4.78 is 0. The number of nitrogens with one attached hydrogen (secondary N) is 1. The molecule has 1 aliphatic carbocycles. The van der Waals surface area contributed by atoms with Crippen LogP contribution in [0.2, 0.25) is 0 Å². The Kier molecular flexibility index (Phi) is 3.64. The molecule has 2 aliphatic rings. The van der Waals surface area contributed by atoms with Crippen molar-refractivity contribution in [2.24, 2.45) is 5.92 Å². The Hall–Kier alpha value is -1.06.